The molecule has 2 aliphatic rings. The van der Waals surface area contributed by atoms with Gasteiger partial charge < -0.3 is 9.42 Å². The molecule has 156 valence electrons. The van der Waals surface area contributed by atoms with Crippen LogP contribution < -0.4 is 0 Å². The Labute approximate surface area is 179 Å². The highest BCUT2D eigenvalue weighted by molar-refractivity contribution is 7.13. The average Bonchev–Trinajstić information content (AvgIpc) is 3.29. The molecular formula is C22H25N5O2S. The number of nitrogens with zero attached hydrogens (tertiary/aromatic N) is 5. The summed E-state index contributed by atoms with van der Waals surface area (Å²) in [5, 5.41) is 5.31. The van der Waals surface area contributed by atoms with E-state index in [2.05, 4.69) is 15.1 Å². The van der Waals surface area contributed by atoms with Gasteiger partial charge in [-0.2, -0.15) is 4.98 Å². The number of aryl methyl sites for hydroxylation is 2. The van der Waals surface area contributed by atoms with E-state index in [9.17, 15) is 4.79 Å². The molecule has 0 bridgehead atoms. The molecule has 1 saturated carbocycles. The molecule has 1 atom stereocenters. The molecule has 0 radical (unpaired) electrons. The number of piperidine rings is 1. The fraction of sp³-hybridized carbons (Fsp3) is 0.500. The molecule has 7 nitrogen and oxygen atoms in total. The van der Waals surface area contributed by atoms with E-state index in [-0.39, 0.29) is 11.3 Å². The number of carbonyl (C=O) groups excluding carboxylic acids is 1. The van der Waals surface area contributed by atoms with E-state index in [1.807, 2.05) is 36.9 Å². The van der Waals surface area contributed by atoms with Gasteiger partial charge in [-0.25, -0.2) is 4.98 Å². The number of aromatic nitrogens is 4. The van der Waals surface area contributed by atoms with Crippen LogP contribution in [0.3, 0.4) is 0 Å². The van der Waals surface area contributed by atoms with E-state index in [4.69, 9.17) is 9.51 Å². The first-order valence-corrected chi connectivity index (χ1v) is 11.3. The number of pyridine rings is 1. The first kappa shape index (κ1) is 19.4. The zero-order chi connectivity index (χ0) is 20.7. The summed E-state index contributed by atoms with van der Waals surface area (Å²) in [4.78, 5) is 29.6. The van der Waals surface area contributed by atoms with E-state index in [1.54, 1.807) is 6.20 Å². The predicted octanol–water partition coefficient (Wildman–Crippen LogP) is 4.18. The molecule has 1 amide bonds. The Bertz CT molecular complexity index is 1060. The molecule has 30 heavy (non-hydrogen) atoms. The molecule has 3 aromatic heterocycles. The van der Waals surface area contributed by atoms with Gasteiger partial charge in [-0.3, -0.25) is 9.78 Å². The van der Waals surface area contributed by atoms with Crippen LogP contribution in [0.15, 0.2) is 28.9 Å². The third-order valence-electron chi connectivity index (χ3n) is 6.12. The summed E-state index contributed by atoms with van der Waals surface area (Å²) in [7, 11) is 0. The molecule has 0 aromatic carbocycles. The number of thiazole rings is 1. The Hall–Kier alpha value is -2.61. The summed E-state index contributed by atoms with van der Waals surface area (Å²) in [6, 6.07) is 5.64. The molecule has 1 unspecified atom stereocenters. The summed E-state index contributed by atoms with van der Waals surface area (Å²) in [5.74, 6) is 1.92. The molecular weight excluding hydrogens is 398 g/mol. The van der Waals surface area contributed by atoms with Crippen molar-refractivity contribution >= 4 is 17.2 Å². The summed E-state index contributed by atoms with van der Waals surface area (Å²) in [6.07, 6.45) is 7.11. The minimum absolute atomic E-state index is 0.0754. The minimum Gasteiger partial charge on any atom is -0.337 e. The normalized spacial score (nSPS) is 21.7. The maximum atomic E-state index is 13.3. The van der Waals surface area contributed by atoms with Crippen molar-refractivity contribution in [3.8, 4) is 11.6 Å². The summed E-state index contributed by atoms with van der Waals surface area (Å²) in [5.41, 5.74) is 1.23. The highest BCUT2D eigenvalue weighted by Crippen LogP contribution is 2.46. The number of likely N-dealkylation sites (tertiary alicyclic amines) is 1. The quantitative estimate of drug-likeness (QED) is 0.612. The van der Waals surface area contributed by atoms with Crippen molar-refractivity contribution in [1.29, 1.82) is 0 Å². The van der Waals surface area contributed by atoms with Gasteiger partial charge in [0.15, 0.2) is 5.82 Å². The number of hydrogen-bond acceptors (Lipinski definition) is 7. The Kier molecular flexibility index (Phi) is 4.89. The van der Waals surface area contributed by atoms with Crippen molar-refractivity contribution in [3.63, 3.8) is 0 Å². The molecule has 8 heteroatoms. The Morgan fingerprint density at radius 2 is 2.17 bits per heavy atom. The van der Waals surface area contributed by atoms with Crippen molar-refractivity contribution in [2.45, 2.75) is 51.4 Å². The average molecular weight is 424 g/mol. The van der Waals surface area contributed by atoms with Gasteiger partial charge in [0.1, 0.15) is 10.6 Å². The Balaban J connectivity index is 1.46. The Morgan fingerprint density at radius 1 is 1.30 bits per heavy atom. The summed E-state index contributed by atoms with van der Waals surface area (Å²) in [6.45, 7) is 5.24. The fourth-order valence-corrected chi connectivity index (χ4v) is 5.41. The van der Waals surface area contributed by atoms with Crippen LogP contribution in [0.1, 0.15) is 58.3 Å². The van der Waals surface area contributed by atoms with Crippen molar-refractivity contribution in [2.75, 3.05) is 13.1 Å². The van der Waals surface area contributed by atoms with Crippen molar-refractivity contribution in [3.05, 3.63) is 45.8 Å². The molecule has 2 fully saturated rings. The smallest absolute Gasteiger partial charge is 0.276 e. The van der Waals surface area contributed by atoms with Crippen LogP contribution in [0.2, 0.25) is 0 Å². The van der Waals surface area contributed by atoms with E-state index >= 15 is 0 Å². The molecule has 0 spiro atoms. The number of rotatable bonds is 5. The monoisotopic (exact) mass is 423 g/mol. The van der Waals surface area contributed by atoms with Gasteiger partial charge >= 0.3 is 0 Å². The van der Waals surface area contributed by atoms with Crippen LogP contribution in [0, 0.1) is 19.8 Å². The first-order chi connectivity index (χ1) is 14.5. The summed E-state index contributed by atoms with van der Waals surface area (Å²) >= 11 is 1.48. The highest BCUT2D eigenvalue weighted by Gasteiger charge is 2.46. The van der Waals surface area contributed by atoms with E-state index in [0.717, 1.165) is 41.4 Å². The van der Waals surface area contributed by atoms with Crippen LogP contribution in [-0.2, 0) is 5.41 Å². The minimum atomic E-state index is -0.265. The standard InChI is InChI=1S/C22H25N5O2S/c1-14-18(30-15(2)24-14)20(28)27-11-5-9-22(13-27,12-16-7-8-16)21-25-19(29-26-21)17-6-3-4-10-23-17/h3-4,6,10,16H,5,7-9,11-13H2,1-2H3. The van der Waals surface area contributed by atoms with Gasteiger partial charge in [-0.15, -0.1) is 11.3 Å². The molecule has 5 rings (SSSR count). The van der Waals surface area contributed by atoms with E-state index in [0.29, 0.717) is 29.9 Å². The van der Waals surface area contributed by atoms with Crippen molar-refractivity contribution in [1.82, 2.24) is 25.0 Å². The zero-order valence-electron chi connectivity index (χ0n) is 17.3. The lowest BCUT2D eigenvalue weighted by Gasteiger charge is -2.41. The second-order valence-corrected chi connectivity index (χ2v) is 9.75. The zero-order valence-corrected chi connectivity index (χ0v) is 18.1. The highest BCUT2D eigenvalue weighted by atomic mass is 32.1. The fourth-order valence-electron chi connectivity index (χ4n) is 4.53. The molecule has 3 aromatic rings. The molecule has 1 saturated heterocycles. The third kappa shape index (κ3) is 3.64. The molecule has 1 aliphatic heterocycles. The van der Waals surface area contributed by atoms with Crippen LogP contribution >= 0.6 is 11.3 Å². The van der Waals surface area contributed by atoms with Gasteiger partial charge in [0.2, 0.25) is 0 Å². The van der Waals surface area contributed by atoms with Gasteiger partial charge in [0, 0.05) is 19.3 Å². The Morgan fingerprint density at radius 3 is 2.87 bits per heavy atom. The predicted molar refractivity (Wildman–Crippen MR) is 113 cm³/mol. The van der Waals surface area contributed by atoms with Crippen LogP contribution in [0.4, 0.5) is 0 Å². The topological polar surface area (TPSA) is 85.0 Å². The van der Waals surface area contributed by atoms with Crippen LogP contribution in [0.5, 0.6) is 0 Å². The van der Waals surface area contributed by atoms with E-state index < -0.39 is 0 Å². The number of hydrogen-bond donors (Lipinski definition) is 0. The molecule has 0 N–H and O–H groups in total. The van der Waals surface area contributed by atoms with Gasteiger partial charge in [-0.1, -0.05) is 24.1 Å². The maximum absolute atomic E-state index is 13.3. The van der Waals surface area contributed by atoms with Gasteiger partial charge in [0.25, 0.3) is 11.8 Å². The van der Waals surface area contributed by atoms with Crippen molar-refractivity contribution < 1.29 is 9.32 Å². The second-order valence-electron chi connectivity index (χ2n) is 8.54. The first-order valence-electron chi connectivity index (χ1n) is 10.5. The molecule has 4 heterocycles. The maximum Gasteiger partial charge on any atom is 0.276 e. The lowest BCUT2D eigenvalue weighted by atomic mass is 9.74. The SMILES string of the molecule is Cc1nc(C)c(C(=O)N2CCCC(CC3CC3)(c3noc(-c4ccccn4)n3)C2)s1. The van der Waals surface area contributed by atoms with Gasteiger partial charge in [0.05, 0.1) is 16.1 Å². The largest absolute Gasteiger partial charge is 0.337 e. The lowest BCUT2D eigenvalue weighted by molar-refractivity contribution is 0.0611. The van der Waals surface area contributed by atoms with Gasteiger partial charge in [-0.05, 0) is 51.2 Å². The number of carbonyl (C=O) groups is 1. The molecule has 1 aliphatic carbocycles. The lowest BCUT2D eigenvalue weighted by Crippen LogP contribution is -2.49. The van der Waals surface area contributed by atoms with Crippen molar-refractivity contribution in [2.24, 2.45) is 5.92 Å². The second kappa shape index (κ2) is 7.58. The number of amides is 1. The third-order valence-corrected chi connectivity index (χ3v) is 7.18. The summed E-state index contributed by atoms with van der Waals surface area (Å²) < 4.78 is 5.60. The van der Waals surface area contributed by atoms with Crippen LogP contribution in [-0.4, -0.2) is 44.0 Å². The van der Waals surface area contributed by atoms with Crippen LogP contribution in [0.25, 0.3) is 11.6 Å². The van der Waals surface area contributed by atoms with E-state index in [1.165, 1.54) is 24.2 Å².